The number of rotatable bonds is 4. The van der Waals surface area contributed by atoms with Crippen LogP contribution < -0.4 is 5.32 Å². The lowest BCUT2D eigenvalue weighted by Crippen LogP contribution is -2.32. The zero-order valence-corrected chi connectivity index (χ0v) is 12.5. The maximum atomic E-state index is 11.7. The van der Waals surface area contributed by atoms with Gasteiger partial charge in [-0.1, -0.05) is 6.07 Å². The van der Waals surface area contributed by atoms with Gasteiger partial charge in [0.05, 0.1) is 13.5 Å². The van der Waals surface area contributed by atoms with Gasteiger partial charge in [0, 0.05) is 5.71 Å². The average molecular weight is 301 g/mol. The second kappa shape index (κ2) is 6.27. The molecule has 0 spiro atoms. The summed E-state index contributed by atoms with van der Waals surface area (Å²) >= 11 is 0. The molecule has 0 bridgehead atoms. The summed E-state index contributed by atoms with van der Waals surface area (Å²) in [6.07, 6.45) is 2.35. The molecule has 0 unspecified atom stereocenters. The van der Waals surface area contributed by atoms with Crippen LogP contribution in [-0.2, 0) is 11.2 Å². The van der Waals surface area contributed by atoms with Crippen molar-refractivity contribution in [3.63, 3.8) is 0 Å². The van der Waals surface area contributed by atoms with Gasteiger partial charge in [-0.05, 0) is 44.0 Å². The van der Waals surface area contributed by atoms with E-state index in [9.17, 15) is 4.79 Å². The predicted molar refractivity (Wildman–Crippen MR) is 82.4 cm³/mol. The van der Waals surface area contributed by atoms with Gasteiger partial charge in [0.25, 0.3) is 0 Å². The highest BCUT2D eigenvalue weighted by atomic mass is 16.5. The fraction of sp³-hybridized carbons (Fsp3) is 0.438. The molecule has 0 saturated carbocycles. The first-order valence-electron chi connectivity index (χ1n) is 7.44. The number of methoxy groups -OCH3 is 1. The van der Waals surface area contributed by atoms with Gasteiger partial charge in [0.15, 0.2) is 5.58 Å². The van der Waals surface area contributed by atoms with Gasteiger partial charge in [-0.2, -0.15) is 0 Å². The van der Waals surface area contributed by atoms with Gasteiger partial charge in [-0.15, -0.1) is 0 Å². The standard InChI is InChI=1S/C16H19N3O3/c1-21-16(20)11-3-2-4-13-15(11)22-14(19-13)9-12(17)10-5-7-18-8-6-10/h2-4,10,17-18H,5-9H2,1H3. The van der Waals surface area contributed by atoms with Crippen LogP contribution in [0.5, 0.6) is 0 Å². The van der Waals surface area contributed by atoms with Crippen LogP contribution in [0.15, 0.2) is 22.6 Å². The molecule has 0 atom stereocenters. The summed E-state index contributed by atoms with van der Waals surface area (Å²) in [6.45, 7) is 1.90. The molecule has 0 radical (unpaired) electrons. The second-order valence-corrected chi connectivity index (χ2v) is 5.48. The Morgan fingerprint density at radius 1 is 1.45 bits per heavy atom. The Morgan fingerprint density at radius 2 is 2.23 bits per heavy atom. The van der Waals surface area contributed by atoms with E-state index in [4.69, 9.17) is 14.6 Å². The van der Waals surface area contributed by atoms with E-state index in [0.29, 0.717) is 34.7 Å². The highest BCUT2D eigenvalue weighted by Crippen LogP contribution is 2.23. The molecule has 6 nitrogen and oxygen atoms in total. The van der Waals surface area contributed by atoms with Crippen molar-refractivity contribution in [2.75, 3.05) is 20.2 Å². The summed E-state index contributed by atoms with van der Waals surface area (Å²) in [7, 11) is 1.34. The third-order valence-corrected chi connectivity index (χ3v) is 4.04. The number of nitrogens with one attached hydrogen (secondary N) is 2. The van der Waals surface area contributed by atoms with Crippen LogP contribution in [-0.4, -0.2) is 36.9 Å². The van der Waals surface area contributed by atoms with E-state index in [2.05, 4.69) is 10.3 Å². The van der Waals surface area contributed by atoms with Crippen molar-refractivity contribution in [2.45, 2.75) is 19.3 Å². The smallest absolute Gasteiger partial charge is 0.341 e. The summed E-state index contributed by atoms with van der Waals surface area (Å²) in [6, 6.07) is 5.20. The molecule has 22 heavy (non-hydrogen) atoms. The molecule has 1 aliphatic heterocycles. The van der Waals surface area contributed by atoms with Crippen LogP contribution in [0.4, 0.5) is 0 Å². The normalized spacial score (nSPS) is 15.9. The van der Waals surface area contributed by atoms with Crippen molar-refractivity contribution in [1.82, 2.24) is 10.3 Å². The molecule has 1 aromatic heterocycles. The first-order valence-corrected chi connectivity index (χ1v) is 7.44. The van der Waals surface area contributed by atoms with Crippen LogP contribution in [0.25, 0.3) is 11.1 Å². The van der Waals surface area contributed by atoms with Gasteiger partial charge in [0.1, 0.15) is 11.1 Å². The first kappa shape index (κ1) is 14.7. The quantitative estimate of drug-likeness (QED) is 0.667. The predicted octanol–water partition coefficient (Wildman–Crippen LogP) is 2.18. The molecule has 2 aromatic rings. The molecular formula is C16H19N3O3. The summed E-state index contributed by atoms with van der Waals surface area (Å²) in [5.41, 5.74) is 2.07. The molecule has 0 amide bonds. The van der Waals surface area contributed by atoms with Crippen LogP contribution >= 0.6 is 0 Å². The van der Waals surface area contributed by atoms with Crippen molar-refractivity contribution in [2.24, 2.45) is 5.92 Å². The monoisotopic (exact) mass is 301 g/mol. The lowest BCUT2D eigenvalue weighted by molar-refractivity contribution is 0.0601. The number of para-hydroxylation sites is 1. The maximum Gasteiger partial charge on any atom is 0.341 e. The Kier molecular flexibility index (Phi) is 4.20. The van der Waals surface area contributed by atoms with Gasteiger partial charge in [0.2, 0.25) is 5.89 Å². The SMILES string of the molecule is COC(=O)c1cccc2nc(CC(=N)C3CCNCC3)oc12. The molecule has 0 aliphatic carbocycles. The molecule has 1 saturated heterocycles. The number of aromatic nitrogens is 1. The number of oxazole rings is 1. The number of nitrogens with zero attached hydrogens (tertiary/aromatic N) is 1. The topological polar surface area (TPSA) is 88.2 Å². The Balaban J connectivity index is 1.82. The number of carbonyl (C=O) groups excluding carboxylic acids is 1. The van der Waals surface area contributed by atoms with E-state index in [0.717, 1.165) is 25.9 Å². The molecular weight excluding hydrogens is 282 g/mol. The summed E-state index contributed by atoms with van der Waals surface area (Å²) in [5, 5.41) is 11.5. The van der Waals surface area contributed by atoms with E-state index in [1.807, 2.05) is 0 Å². The highest BCUT2D eigenvalue weighted by Gasteiger charge is 2.21. The van der Waals surface area contributed by atoms with Gasteiger partial charge < -0.3 is 19.9 Å². The van der Waals surface area contributed by atoms with E-state index in [-0.39, 0.29) is 5.92 Å². The number of benzene rings is 1. The Bertz CT molecular complexity index is 702. The minimum atomic E-state index is -0.443. The van der Waals surface area contributed by atoms with Gasteiger partial charge in [-0.25, -0.2) is 9.78 Å². The minimum Gasteiger partial charge on any atom is -0.465 e. The third-order valence-electron chi connectivity index (χ3n) is 4.04. The molecule has 1 aliphatic rings. The average Bonchev–Trinajstić information content (AvgIpc) is 2.97. The number of carbonyl (C=O) groups is 1. The number of piperidine rings is 1. The first-order chi connectivity index (χ1) is 10.7. The molecule has 1 aromatic carbocycles. The summed E-state index contributed by atoms with van der Waals surface area (Å²) < 4.78 is 10.5. The molecule has 2 heterocycles. The molecule has 1 fully saturated rings. The Morgan fingerprint density at radius 3 is 2.95 bits per heavy atom. The lowest BCUT2D eigenvalue weighted by atomic mass is 9.91. The van der Waals surface area contributed by atoms with Crippen molar-refractivity contribution in [1.29, 1.82) is 5.41 Å². The summed E-state index contributed by atoms with van der Waals surface area (Å²) in [5.74, 6) is 0.327. The van der Waals surface area contributed by atoms with Crippen LogP contribution in [0.3, 0.4) is 0 Å². The van der Waals surface area contributed by atoms with Crippen molar-refractivity contribution in [3.05, 3.63) is 29.7 Å². The number of fused-ring (bicyclic) bond motifs is 1. The zero-order valence-electron chi connectivity index (χ0n) is 12.5. The fourth-order valence-electron chi connectivity index (χ4n) is 2.82. The number of hydrogen-bond acceptors (Lipinski definition) is 6. The number of hydrogen-bond donors (Lipinski definition) is 2. The van der Waals surface area contributed by atoms with E-state index >= 15 is 0 Å². The van der Waals surface area contributed by atoms with E-state index in [1.165, 1.54) is 7.11 Å². The van der Waals surface area contributed by atoms with Gasteiger partial charge >= 0.3 is 5.97 Å². The summed E-state index contributed by atoms with van der Waals surface area (Å²) in [4.78, 5) is 16.1. The van der Waals surface area contributed by atoms with Crippen LogP contribution in [0, 0.1) is 11.3 Å². The van der Waals surface area contributed by atoms with Crippen LogP contribution in [0.2, 0.25) is 0 Å². The molecule has 3 rings (SSSR count). The van der Waals surface area contributed by atoms with E-state index < -0.39 is 5.97 Å². The Labute approximate surface area is 128 Å². The van der Waals surface area contributed by atoms with E-state index in [1.54, 1.807) is 18.2 Å². The maximum absolute atomic E-state index is 11.7. The highest BCUT2D eigenvalue weighted by molar-refractivity contribution is 6.01. The van der Waals surface area contributed by atoms with Crippen molar-refractivity contribution >= 4 is 22.8 Å². The lowest BCUT2D eigenvalue weighted by Gasteiger charge is -2.22. The largest absolute Gasteiger partial charge is 0.465 e. The van der Waals surface area contributed by atoms with Gasteiger partial charge in [-0.3, -0.25) is 0 Å². The minimum absolute atomic E-state index is 0.288. The van der Waals surface area contributed by atoms with Crippen LogP contribution in [0.1, 0.15) is 29.1 Å². The van der Waals surface area contributed by atoms with Crippen molar-refractivity contribution in [3.8, 4) is 0 Å². The number of esters is 1. The zero-order chi connectivity index (χ0) is 15.5. The molecule has 6 heteroatoms. The second-order valence-electron chi connectivity index (χ2n) is 5.48. The van der Waals surface area contributed by atoms with Crippen molar-refractivity contribution < 1.29 is 13.9 Å². The number of ether oxygens (including phenoxy) is 1. The fourth-order valence-corrected chi connectivity index (χ4v) is 2.82. The third kappa shape index (κ3) is 2.87. The Hall–Kier alpha value is -2.21. The molecule has 116 valence electrons. The molecule has 2 N–H and O–H groups in total.